The number of rotatable bonds is 5. The van der Waals surface area contributed by atoms with E-state index in [2.05, 4.69) is 11.9 Å². The molecule has 0 radical (unpaired) electrons. The van der Waals surface area contributed by atoms with Gasteiger partial charge in [-0.05, 0) is 13.3 Å². The first-order chi connectivity index (χ1) is 4.81. The number of unbranched alkanes of at least 4 members (excludes halogenated alkanes) is 1. The summed E-state index contributed by atoms with van der Waals surface area (Å²) in [4.78, 5) is 13.0. The number of isocyanates is 1. The van der Waals surface area contributed by atoms with Crippen LogP contribution in [0, 0.1) is 0 Å². The lowest BCUT2D eigenvalue weighted by Gasteiger charge is -2.03. The molecule has 0 aliphatic rings. The Kier molecular flexibility index (Phi) is 6.03. The minimum absolute atomic E-state index is 0.330. The minimum Gasteiger partial charge on any atom is -0.356 e. The van der Waals surface area contributed by atoms with Gasteiger partial charge in [0.2, 0.25) is 6.08 Å². The van der Waals surface area contributed by atoms with Crippen LogP contribution in [0.3, 0.4) is 0 Å². The van der Waals surface area contributed by atoms with E-state index in [-0.39, 0.29) is 6.23 Å². The molecule has 0 fully saturated rings. The summed E-state index contributed by atoms with van der Waals surface area (Å²) in [6.07, 6.45) is 3.22. The maximum absolute atomic E-state index is 9.68. The SMILES string of the molecule is CCCCOC(C)N=C=O. The molecule has 3 heteroatoms. The number of ether oxygens (including phenoxy) is 1. The van der Waals surface area contributed by atoms with Gasteiger partial charge in [0.1, 0.15) is 0 Å². The first kappa shape index (κ1) is 9.34. The fourth-order valence-electron chi connectivity index (χ4n) is 0.510. The van der Waals surface area contributed by atoms with Crippen LogP contribution in [-0.4, -0.2) is 18.9 Å². The van der Waals surface area contributed by atoms with Crippen molar-refractivity contribution in [3.05, 3.63) is 0 Å². The summed E-state index contributed by atoms with van der Waals surface area (Å²) in [5, 5.41) is 0. The van der Waals surface area contributed by atoms with Crippen LogP contribution in [-0.2, 0) is 9.53 Å². The van der Waals surface area contributed by atoms with E-state index in [1.165, 1.54) is 6.08 Å². The summed E-state index contributed by atoms with van der Waals surface area (Å²) in [5.41, 5.74) is 0. The molecule has 0 aromatic carbocycles. The van der Waals surface area contributed by atoms with Gasteiger partial charge < -0.3 is 4.74 Å². The Bertz CT molecular complexity index is 119. The quantitative estimate of drug-likeness (QED) is 0.332. The van der Waals surface area contributed by atoms with Crippen molar-refractivity contribution in [2.75, 3.05) is 6.61 Å². The lowest BCUT2D eigenvalue weighted by Crippen LogP contribution is -2.05. The molecule has 0 aliphatic heterocycles. The van der Waals surface area contributed by atoms with Gasteiger partial charge in [-0.25, -0.2) is 4.79 Å². The smallest absolute Gasteiger partial charge is 0.237 e. The van der Waals surface area contributed by atoms with Crippen molar-refractivity contribution in [2.24, 2.45) is 4.99 Å². The molecule has 0 saturated heterocycles. The van der Waals surface area contributed by atoms with E-state index < -0.39 is 0 Å². The molecule has 0 rings (SSSR count). The molecule has 0 bridgehead atoms. The maximum Gasteiger partial charge on any atom is 0.237 e. The van der Waals surface area contributed by atoms with Gasteiger partial charge >= 0.3 is 0 Å². The predicted octanol–water partition coefficient (Wildman–Crippen LogP) is 1.48. The second kappa shape index (κ2) is 6.46. The molecule has 0 heterocycles. The summed E-state index contributed by atoms with van der Waals surface area (Å²) in [5.74, 6) is 0. The summed E-state index contributed by atoms with van der Waals surface area (Å²) in [7, 11) is 0. The third-order valence-electron chi connectivity index (χ3n) is 1.09. The van der Waals surface area contributed by atoms with E-state index in [0.717, 1.165) is 12.8 Å². The lowest BCUT2D eigenvalue weighted by molar-refractivity contribution is 0.0703. The molecule has 0 aliphatic carbocycles. The predicted molar refractivity (Wildman–Crippen MR) is 38.4 cm³/mol. The largest absolute Gasteiger partial charge is 0.356 e. The number of aliphatic imine (C=N–C) groups is 1. The van der Waals surface area contributed by atoms with Crippen LogP contribution in [0.15, 0.2) is 4.99 Å². The molecular formula is C7H13NO2. The average molecular weight is 143 g/mol. The molecule has 1 atom stereocenters. The van der Waals surface area contributed by atoms with E-state index in [1.54, 1.807) is 6.92 Å². The maximum atomic E-state index is 9.68. The highest BCUT2D eigenvalue weighted by Crippen LogP contribution is 1.94. The van der Waals surface area contributed by atoms with Crippen LogP contribution >= 0.6 is 0 Å². The van der Waals surface area contributed by atoms with Gasteiger partial charge in [-0.1, -0.05) is 13.3 Å². The Morgan fingerprint density at radius 3 is 2.90 bits per heavy atom. The number of hydrogen-bond donors (Lipinski definition) is 0. The third-order valence-corrected chi connectivity index (χ3v) is 1.09. The van der Waals surface area contributed by atoms with Crippen molar-refractivity contribution in [1.29, 1.82) is 0 Å². The van der Waals surface area contributed by atoms with Crippen LogP contribution in [0.1, 0.15) is 26.7 Å². The van der Waals surface area contributed by atoms with E-state index in [0.29, 0.717) is 6.61 Å². The fraction of sp³-hybridized carbons (Fsp3) is 0.857. The van der Waals surface area contributed by atoms with E-state index in [4.69, 9.17) is 4.74 Å². The highest BCUT2D eigenvalue weighted by atomic mass is 16.5. The first-order valence-corrected chi connectivity index (χ1v) is 3.49. The lowest BCUT2D eigenvalue weighted by atomic mass is 10.4. The topological polar surface area (TPSA) is 38.7 Å². The van der Waals surface area contributed by atoms with Gasteiger partial charge in [-0.2, -0.15) is 4.99 Å². The Morgan fingerprint density at radius 1 is 1.70 bits per heavy atom. The Balaban J connectivity index is 3.21. The average Bonchev–Trinajstić information content (AvgIpc) is 1.89. The fourth-order valence-corrected chi connectivity index (χ4v) is 0.510. The Hall–Kier alpha value is -0.660. The molecule has 0 amide bonds. The minimum atomic E-state index is -0.330. The zero-order valence-corrected chi connectivity index (χ0v) is 6.46. The number of carbonyl (C=O) groups excluding carboxylic acids is 1. The van der Waals surface area contributed by atoms with Gasteiger partial charge in [0, 0.05) is 6.61 Å². The summed E-state index contributed by atoms with van der Waals surface area (Å²) >= 11 is 0. The van der Waals surface area contributed by atoms with Crippen molar-refractivity contribution in [3.8, 4) is 0 Å². The van der Waals surface area contributed by atoms with Crippen molar-refractivity contribution < 1.29 is 9.53 Å². The molecule has 3 nitrogen and oxygen atoms in total. The zero-order valence-electron chi connectivity index (χ0n) is 6.46. The molecule has 0 spiro atoms. The molecule has 1 unspecified atom stereocenters. The van der Waals surface area contributed by atoms with Crippen LogP contribution in [0.2, 0.25) is 0 Å². The van der Waals surface area contributed by atoms with Crippen LogP contribution in [0.5, 0.6) is 0 Å². The second-order valence-electron chi connectivity index (χ2n) is 2.04. The Labute approximate surface area is 61.1 Å². The summed E-state index contributed by atoms with van der Waals surface area (Å²) < 4.78 is 5.09. The van der Waals surface area contributed by atoms with Crippen molar-refractivity contribution in [2.45, 2.75) is 32.9 Å². The van der Waals surface area contributed by atoms with Crippen molar-refractivity contribution in [3.63, 3.8) is 0 Å². The van der Waals surface area contributed by atoms with Gasteiger partial charge in [-0.3, -0.25) is 0 Å². The van der Waals surface area contributed by atoms with Gasteiger partial charge in [0.15, 0.2) is 6.23 Å². The molecule has 0 aromatic rings. The van der Waals surface area contributed by atoms with Crippen molar-refractivity contribution >= 4 is 6.08 Å². The van der Waals surface area contributed by atoms with Crippen LogP contribution in [0.4, 0.5) is 0 Å². The highest BCUT2D eigenvalue weighted by molar-refractivity contribution is 5.32. The molecular weight excluding hydrogens is 130 g/mol. The van der Waals surface area contributed by atoms with Gasteiger partial charge in [0.05, 0.1) is 0 Å². The van der Waals surface area contributed by atoms with E-state index in [9.17, 15) is 4.79 Å². The van der Waals surface area contributed by atoms with Crippen molar-refractivity contribution in [1.82, 2.24) is 0 Å². The molecule has 58 valence electrons. The second-order valence-corrected chi connectivity index (χ2v) is 2.04. The molecule has 0 N–H and O–H groups in total. The zero-order chi connectivity index (χ0) is 7.82. The first-order valence-electron chi connectivity index (χ1n) is 3.49. The Morgan fingerprint density at radius 2 is 2.40 bits per heavy atom. The summed E-state index contributed by atoms with van der Waals surface area (Å²) in [6, 6.07) is 0. The third kappa shape index (κ3) is 5.48. The molecule has 0 aromatic heterocycles. The molecule has 0 saturated carbocycles. The monoisotopic (exact) mass is 143 g/mol. The van der Waals surface area contributed by atoms with Crippen LogP contribution < -0.4 is 0 Å². The van der Waals surface area contributed by atoms with Crippen LogP contribution in [0.25, 0.3) is 0 Å². The van der Waals surface area contributed by atoms with Gasteiger partial charge in [-0.15, -0.1) is 0 Å². The van der Waals surface area contributed by atoms with E-state index >= 15 is 0 Å². The number of hydrogen-bond acceptors (Lipinski definition) is 3. The van der Waals surface area contributed by atoms with E-state index in [1.807, 2.05) is 0 Å². The summed E-state index contributed by atoms with van der Waals surface area (Å²) in [6.45, 7) is 4.47. The van der Waals surface area contributed by atoms with Gasteiger partial charge in [0.25, 0.3) is 0 Å². The normalized spacial score (nSPS) is 12.2. The number of nitrogens with zero attached hydrogens (tertiary/aromatic N) is 1. The standard InChI is InChI=1S/C7H13NO2/c1-3-4-5-10-7(2)8-6-9/h7H,3-5H2,1-2H3. The highest BCUT2D eigenvalue weighted by Gasteiger charge is 1.95. The molecule has 10 heavy (non-hydrogen) atoms.